The van der Waals surface area contributed by atoms with Crippen molar-refractivity contribution in [1.82, 2.24) is 15.1 Å². The quantitative estimate of drug-likeness (QED) is 0.527. The monoisotopic (exact) mass is 427 g/mol. The van der Waals surface area contributed by atoms with Gasteiger partial charge < -0.3 is 19.5 Å². The molecule has 0 aliphatic rings. The zero-order chi connectivity index (χ0) is 22.2. The Bertz CT molecular complexity index is 1100. The zero-order valence-electron chi connectivity index (χ0n) is 17.1. The van der Waals surface area contributed by atoms with Crippen molar-refractivity contribution in [1.29, 1.82) is 0 Å². The molecule has 3 aromatic rings. The van der Waals surface area contributed by atoms with Gasteiger partial charge in [-0.15, -0.1) is 0 Å². The number of methoxy groups -OCH3 is 2. The molecule has 0 saturated carbocycles. The number of nitrogens with zero attached hydrogens (tertiary/aromatic N) is 2. The first-order valence-electron chi connectivity index (χ1n) is 9.46. The second kappa shape index (κ2) is 10.2. The molecule has 0 fully saturated rings. The summed E-state index contributed by atoms with van der Waals surface area (Å²) in [4.78, 5) is 24.3. The first-order valence-corrected chi connectivity index (χ1v) is 9.46. The molecule has 0 aliphatic carbocycles. The lowest BCUT2D eigenvalue weighted by atomic mass is 10.1. The van der Waals surface area contributed by atoms with Gasteiger partial charge in [-0.1, -0.05) is 0 Å². The zero-order valence-corrected chi connectivity index (χ0v) is 17.1. The van der Waals surface area contributed by atoms with Crippen LogP contribution in [0.25, 0.3) is 11.3 Å². The van der Waals surface area contributed by atoms with E-state index in [4.69, 9.17) is 14.2 Å². The highest BCUT2D eigenvalue weighted by molar-refractivity contribution is 5.75. The molecule has 1 N–H and O–H groups in total. The van der Waals surface area contributed by atoms with E-state index >= 15 is 0 Å². The van der Waals surface area contributed by atoms with E-state index in [0.717, 1.165) is 4.68 Å². The summed E-state index contributed by atoms with van der Waals surface area (Å²) in [5, 5.41) is 6.94. The van der Waals surface area contributed by atoms with E-state index in [1.807, 2.05) is 0 Å². The van der Waals surface area contributed by atoms with Crippen LogP contribution < -0.4 is 25.1 Å². The summed E-state index contributed by atoms with van der Waals surface area (Å²) in [7, 11) is 3.07. The van der Waals surface area contributed by atoms with Gasteiger partial charge in [-0.3, -0.25) is 9.59 Å². The Balaban J connectivity index is 1.60. The van der Waals surface area contributed by atoms with Gasteiger partial charge >= 0.3 is 0 Å². The predicted octanol–water partition coefficient (Wildman–Crippen LogP) is 2.26. The van der Waals surface area contributed by atoms with E-state index in [1.54, 1.807) is 31.4 Å². The Kier molecular flexibility index (Phi) is 7.21. The molecule has 0 spiro atoms. The maximum absolute atomic E-state index is 12.9. The molecule has 0 atom stereocenters. The molecule has 1 amide bonds. The smallest absolute Gasteiger partial charge is 0.267 e. The SMILES string of the molecule is COc1ccc(-c2ccc(=O)n(CC(=O)NCCOc3ccc(F)cc3)n2)cc1OC. The standard InChI is InChI=1S/C22H22FN3O5/c1-29-19-9-3-15(13-20(19)30-2)18-8-10-22(28)26(25-18)14-21(27)24-11-12-31-17-6-4-16(23)5-7-17/h3-10,13H,11-12,14H2,1-2H3,(H,24,27). The maximum Gasteiger partial charge on any atom is 0.267 e. The van der Waals surface area contributed by atoms with E-state index in [0.29, 0.717) is 28.5 Å². The van der Waals surface area contributed by atoms with Crippen LogP contribution in [-0.4, -0.2) is 43.1 Å². The van der Waals surface area contributed by atoms with Crippen LogP contribution in [0, 0.1) is 5.82 Å². The molecule has 8 nitrogen and oxygen atoms in total. The first-order chi connectivity index (χ1) is 15.0. The Labute approximate surface area is 178 Å². The van der Waals surface area contributed by atoms with Crippen molar-refractivity contribution in [3.8, 4) is 28.5 Å². The van der Waals surface area contributed by atoms with Gasteiger partial charge in [-0.25, -0.2) is 9.07 Å². The molecule has 31 heavy (non-hydrogen) atoms. The summed E-state index contributed by atoms with van der Waals surface area (Å²) in [5.41, 5.74) is 0.814. The number of benzene rings is 2. The largest absolute Gasteiger partial charge is 0.493 e. The van der Waals surface area contributed by atoms with Crippen LogP contribution in [0.15, 0.2) is 59.4 Å². The first kappa shape index (κ1) is 21.8. The lowest BCUT2D eigenvalue weighted by Gasteiger charge is -2.11. The highest BCUT2D eigenvalue weighted by Crippen LogP contribution is 2.31. The number of aromatic nitrogens is 2. The Morgan fingerprint density at radius 3 is 2.48 bits per heavy atom. The number of amides is 1. The highest BCUT2D eigenvalue weighted by atomic mass is 19.1. The molecular weight excluding hydrogens is 405 g/mol. The summed E-state index contributed by atoms with van der Waals surface area (Å²) in [6.07, 6.45) is 0. The molecule has 0 saturated heterocycles. The fourth-order valence-corrected chi connectivity index (χ4v) is 2.79. The minimum absolute atomic E-state index is 0.200. The normalized spacial score (nSPS) is 10.4. The van der Waals surface area contributed by atoms with Gasteiger partial charge in [0.1, 0.15) is 24.7 Å². The van der Waals surface area contributed by atoms with Gasteiger partial charge in [0, 0.05) is 11.6 Å². The van der Waals surface area contributed by atoms with Crippen LogP contribution in [-0.2, 0) is 11.3 Å². The van der Waals surface area contributed by atoms with Crippen molar-refractivity contribution in [3.05, 3.63) is 70.8 Å². The summed E-state index contributed by atoms with van der Waals surface area (Å²) < 4.78 is 29.9. The molecule has 0 radical (unpaired) electrons. The second-order valence-electron chi connectivity index (χ2n) is 6.44. The number of hydrogen-bond donors (Lipinski definition) is 1. The van der Waals surface area contributed by atoms with Crippen LogP contribution in [0.2, 0.25) is 0 Å². The van der Waals surface area contributed by atoms with Crippen molar-refractivity contribution in [2.75, 3.05) is 27.4 Å². The number of nitrogens with one attached hydrogen (secondary N) is 1. The molecule has 0 aliphatic heterocycles. The van der Waals surface area contributed by atoms with Crippen LogP contribution in [0.1, 0.15) is 0 Å². The van der Waals surface area contributed by atoms with E-state index in [1.165, 1.54) is 37.4 Å². The number of carbonyl (C=O) groups is 1. The fourth-order valence-electron chi connectivity index (χ4n) is 2.79. The highest BCUT2D eigenvalue weighted by Gasteiger charge is 2.11. The molecule has 0 unspecified atom stereocenters. The maximum atomic E-state index is 12.9. The number of halogens is 1. The lowest BCUT2D eigenvalue weighted by molar-refractivity contribution is -0.122. The van der Waals surface area contributed by atoms with Crippen molar-refractivity contribution in [3.63, 3.8) is 0 Å². The minimum Gasteiger partial charge on any atom is -0.493 e. The number of carbonyl (C=O) groups excluding carboxylic acids is 1. The van der Waals surface area contributed by atoms with Gasteiger partial charge in [0.15, 0.2) is 11.5 Å². The summed E-state index contributed by atoms with van der Waals surface area (Å²) in [6.45, 7) is 0.183. The molecular formula is C22H22FN3O5. The topological polar surface area (TPSA) is 91.7 Å². The Hall–Kier alpha value is -3.88. The third kappa shape index (κ3) is 5.81. The van der Waals surface area contributed by atoms with Crippen LogP contribution in [0.4, 0.5) is 4.39 Å². The molecule has 3 rings (SSSR count). The predicted molar refractivity (Wildman–Crippen MR) is 112 cm³/mol. The van der Waals surface area contributed by atoms with Crippen molar-refractivity contribution in [2.45, 2.75) is 6.54 Å². The van der Waals surface area contributed by atoms with E-state index in [2.05, 4.69) is 10.4 Å². The van der Waals surface area contributed by atoms with Gasteiger partial charge in [-0.05, 0) is 48.5 Å². The van der Waals surface area contributed by atoms with Gasteiger partial charge in [0.25, 0.3) is 5.56 Å². The minimum atomic E-state index is -0.401. The Morgan fingerprint density at radius 1 is 1.03 bits per heavy atom. The van der Waals surface area contributed by atoms with Crippen LogP contribution in [0.5, 0.6) is 17.2 Å². The van der Waals surface area contributed by atoms with Crippen molar-refractivity contribution < 1.29 is 23.4 Å². The fraction of sp³-hybridized carbons (Fsp3) is 0.227. The van der Waals surface area contributed by atoms with Gasteiger partial charge in [-0.2, -0.15) is 5.10 Å². The average Bonchev–Trinajstić information content (AvgIpc) is 2.79. The second-order valence-corrected chi connectivity index (χ2v) is 6.44. The van der Waals surface area contributed by atoms with Crippen molar-refractivity contribution in [2.24, 2.45) is 0 Å². The molecule has 9 heteroatoms. The summed E-state index contributed by atoms with van der Waals surface area (Å²) in [5.74, 6) is 0.854. The third-order valence-corrected chi connectivity index (χ3v) is 4.35. The number of rotatable bonds is 9. The van der Waals surface area contributed by atoms with Crippen LogP contribution in [0.3, 0.4) is 0 Å². The average molecular weight is 427 g/mol. The molecule has 1 heterocycles. The van der Waals surface area contributed by atoms with Gasteiger partial charge in [0.2, 0.25) is 5.91 Å². The molecule has 2 aromatic carbocycles. The number of ether oxygens (including phenoxy) is 3. The number of hydrogen-bond acceptors (Lipinski definition) is 6. The molecule has 1 aromatic heterocycles. The van der Waals surface area contributed by atoms with E-state index < -0.39 is 5.56 Å². The molecule has 0 bridgehead atoms. The van der Waals surface area contributed by atoms with E-state index in [9.17, 15) is 14.0 Å². The van der Waals surface area contributed by atoms with E-state index in [-0.39, 0.29) is 31.4 Å². The summed E-state index contributed by atoms with van der Waals surface area (Å²) in [6, 6.07) is 13.8. The third-order valence-electron chi connectivity index (χ3n) is 4.35. The van der Waals surface area contributed by atoms with Crippen molar-refractivity contribution >= 4 is 5.91 Å². The molecule has 162 valence electrons. The Morgan fingerprint density at radius 2 is 1.77 bits per heavy atom. The van der Waals surface area contributed by atoms with Gasteiger partial charge in [0.05, 0.1) is 26.5 Å². The summed E-state index contributed by atoms with van der Waals surface area (Å²) >= 11 is 0. The van der Waals surface area contributed by atoms with Crippen LogP contribution >= 0.6 is 0 Å². The lowest BCUT2D eigenvalue weighted by Crippen LogP contribution is -2.35.